The Morgan fingerprint density at radius 1 is 1.17 bits per heavy atom. The van der Waals surface area contributed by atoms with Gasteiger partial charge >= 0.3 is 0 Å². The summed E-state index contributed by atoms with van der Waals surface area (Å²) in [5.74, 6) is -0.413. The number of hydrogen-bond donors (Lipinski definition) is 2. The van der Waals surface area contributed by atoms with Crippen LogP contribution in [0.15, 0.2) is 53.3 Å². The SMILES string of the molecule is COc1cccc(F)c1-n1nc2c(-c3ccc(N4CCN(C)C(C(C)(C)O)C4)cc3)n[nH]c2cc1=O. The lowest BCUT2D eigenvalue weighted by atomic mass is 9.95. The molecule has 1 unspecified atom stereocenters. The maximum absolute atomic E-state index is 14.7. The molecule has 1 aliphatic heterocycles. The first kappa shape index (κ1) is 24.0. The lowest BCUT2D eigenvalue weighted by molar-refractivity contribution is -0.0140. The zero-order chi connectivity index (χ0) is 25.6. The number of methoxy groups -OCH3 is 1. The lowest BCUT2D eigenvalue weighted by Gasteiger charge is -2.45. The molecule has 1 fully saturated rings. The average molecular weight is 493 g/mol. The van der Waals surface area contributed by atoms with Crippen molar-refractivity contribution in [2.24, 2.45) is 0 Å². The molecule has 188 valence electrons. The predicted molar refractivity (Wildman–Crippen MR) is 136 cm³/mol. The summed E-state index contributed by atoms with van der Waals surface area (Å²) < 4.78 is 20.9. The molecule has 1 aliphatic rings. The van der Waals surface area contributed by atoms with Crippen LogP contribution < -0.4 is 15.2 Å². The van der Waals surface area contributed by atoms with E-state index in [-0.39, 0.29) is 17.5 Å². The fourth-order valence-electron chi connectivity index (χ4n) is 4.81. The van der Waals surface area contributed by atoms with Gasteiger partial charge in [0.15, 0.2) is 5.82 Å². The number of aliphatic hydroxyl groups is 1. The van der Waals surface area contributed by atoms with E-state index in [4.69, 9.17) is 4.74 Å². The number of nitrogens with one attached hydrogen (secondary N) is 1. The Morgan fingerprint density at radius 3 is 2.61 bits per heavy atom. The molecule has 1 atom stereocenters. The Kier molecular flexibility index (Phi) is 6.01. The molecule has 0 aliphatic carbocycles. The van der Waals surface area contributed by atoms with Gasteiger partial charge in [0.25, 0.3) is 5.56 Å². The van der Waals surface area contributed by atoms with Crippen LogP contribution in [0.25, 0.3) is 28.0 Å². The molecule has 0 bridgehead atoms. The monoisotopic (exact) mass is 492 g/mol. The number of fused-ring (bicyclic) bond motifs is 1. The number of rotatable bonds is 5. The zero-order valence-corrected chi connectivity index (χ0v) is 20.7. The van der Waals surface area contributed by atoms with Crippen LogP contribution in [0.4, 0.5) is 10.1 Å². The van der Waals surface area contributed by atoms with Crippen molar-refractivity contribution in [3.05, 3.63) is 64.7 Å². The summed E-state index contributed by atoms with van der Waals surface area (Å²) >= 11 is 0. The van der Waals surface area contributed by atoms with Crippen LogP contribution in [-0.4, -0.2) is 75.4 Å². The van der Waals surface area contributed by atoms with Gasteiger partial charge in [-0.2, -0.15) is 14.9 Å². The van der Waals surface area contributed by atoms with E-state index in [1.807, 2.05) is 45.2 Å². The van der Waals surface area contributed by atoms with Crippen molar-refractivity contribution >= 4 is 16.7 Å². The molecule has 2 N–H and O–H groups in total. The van der Waals surface area contributed by atoms with Gasteiger partial charge in [0, 0.05) is 37.0 Å². The highest BCUT2D eigenvalue weighted by molar-refractivity contribution is 5.89. The van der Waals surface area contributed by atoms with Crippen LogP contribution in [0.5, 0.6) is 5.75 Å². The van der Waals surface area contributed by atoms with E-state index >= 15 is 0 Å². The summed E-state index contributed by atoms with van der Waals surface area (Å²) in [6.07, 6.45) is 0. The third-order valence-electron chi connectivity index (χ3n) is 6.79. The van der Waals surface area contributed by atoms with E-state index in [0.717, 1.165) is 29.0 Å². The molecule has 36 heavy (non-hydrogen) atoms. The number of likely N-dealkylation sites (N-methyl/N-ethyl adjacent to an activating group) is 1. The number of hydrogen-bond acceptors (Lipinski definition) is 7. The third-order valence-corrected chi connectivity index (χ3v) is 6.79. The largest absolute Gasteiger partial charge is 0.494 e. The van der Waals surface area contributed by atoms with Gasteiger partial charge in [0.05, 0.1) is 24.3 Å². The number of benzene rings is 2. The Labute approximate surface area is 207 Å². The molecular weight excluding hydrogens is 463 g/mol. The standard InChI is InChI=1S/C26H29FN6O3/c1-26(2,35)21-15-32(13-12-31(21)3)17-10-8-16(9-11-17)23-24-19(28-29-23)14-22(34)33(30-24)25-18(27)6-5-7-20(25)36-4/h5-11,14,21,28,35H,12-13,15H2,1-4H3. The Morgan fingerprint density at radius 2 is 1.92 bits per heavy atom. The van der Waals surface area contributed by atoms with Crippen molar-refractivity contribution in [1.29, 1.82) is 0 Å². The molecule has 4 aromatic rings. The van der Waals surface area contributed by atoms with Crippen LogP contribution in [-0.2, 0) is 0 Å². The number of nitrogens with zero attached hydrogens (tertiary/aromatic N) is 5. The minimum atomic E-state index is -0.816. The van der Waals surface area contributed by atoms with Gasteiger partial charge in [-0.1, -0.05) is 18.2 Å². The molecule has 1 saturated heterocycles. The molecule has 0 radical (unpaired) electrons. The van der Waals surface area contributed by atoms with Crippen molar-refractivity contribution in [2.45, 2.75) is 25.5 Å². The Bertz CT molecular complexity index is 1460. The van der Waals surface area contributed by atoms with Crippen LogP contribution in [0.3, 0.4) is 0 Å². The number of aromatic amines is 1. The summed E-state index contributed by atoms with van der Waals surface area (Å²) in [4.78, 5) is 17.2. The molecular formula is C26H29FN6O3. The fraction of sp³-hybridized carbons (Fsp3) is 0.346. The van der Waals surface area contributed by atoms with E-state index in [1.54, 1.807) is 6.07 Å². The minimum Gasteiger partial charge on any atom is -0.494 e. The van der Waals surface area contributed by atoms with Crippen molar-refractivity contribution in [1.82, 2.24) is 24.9 Å². The topological polar surface area (TPSA) is 99.5 Å². The molecule has 3 heterocycles. The number of aromatic nitrogens is 4. The summed E-state index contributed by atoms with van der Waals surface area (Å²) in [6, 6.07) is 13.6. The van der Waals surface area contributed by atoms with Crippen LogP contribution in [0.1, 0.15) is 13.8 Å². The third kappa shape index (κ3) is 4.22. The van der Waals surface area contributed by atoms with E-state index in [2.05, 4.69) is 25.1 Å². The Balaban J connectivity index is 1.50. The van der Waals surface area contributed by atoms with E-state index in [9.17, 15) is 14.3 Å². The summed E-state index contributed by atoms with van der Waals surface area (Å²) in [7, 11) is 3.45. The molecule has 2 aromatic carbocycles. The number of para-hydroxylation sites is 1. The highest BCUT2D eigenvalue weighted by Crippen LogP contribution is 2.30. The number of anilines is 1. The molecule has 10 heteroatoms. The van der Waals surface area contributed by atoms with Gasteiger partial charge in [-0.15, -0.1) is 0 Å². The fourth-order valence-corrected chi connectivity index (χ4v) is 4.81. The summed E-state index contributed by atoms with van der Waals surface area (Å²) in [5.41, 5.74) is 1.92. The van der Waals surface area contributed by atoms with E-state index in [1.165, 1.54) is 25.3 Å². The van der Waals surface area contributed by atoms with Gasteiger partial charge in [-0.05, 0) is 45.2 Å². The average Bonchev–Trinajstić information content (AvgIpc) is 3.25. The van der Waals surface area contributed by atoms with Gasteiger partial charge < -0.3 is 14.7 Å². The predicted octanol–water partition coefficient (Wildman–Crippen LogP) is 2.81. The maximum atomic E-state index is 14.7. The number of piperazine rings is 1. The maximum Gasteiger partial charge on any atom is 0.273 e. The number of halogens is 1. The second kappa shape index (κ2) is 9.03. The van der Waals surface area contributed by atoms with Crippen LogP contribution >= 0.6 is 0 Å². The van der Waals surface area contributed by atoms with E-state index < -0.39 is 17.0 Å². The molecule has 0 spiro atoms. The van der Waals surface area contributed by atoms with Crippen molar-refractivity contribution in [3.8, 4) is 22.7 Å². The van der Waals surface area contributed by atoms with Crippen molar-refractivity contribution < 1.29 is 14.2 Å². The quantitative estimate of drug-likeness (QED) is 0.442. The van der Waals surface area contributed by atoms with Crippen molar-refractivity contribution in [2.75, 3.05) is 38.7 Å². The molecule has 5 rings (SSSR count). The van der Waals surface area contributed by atoms with E-state index in [0.29, 0.717) is 23.3 Å². The second-order valence-electron chi connectivity index (χ2n) is 9.66. The first-order chi connectivity index (χ1) is 17.2. The number of H-pyrrole nitrogens is 1. The van der Waals surface area contributed by atoms with Crippen LogP contribution in [0, 0.1) is 5.82 Å². The highest BCUT2D eigenvalue weighted by Gasteiger charge is 2.35. The van der Waals surface area contributed by atoms with Crippen molar-refractivity contribution in [3.63, 3.8) is 0 Å². The van der Waals surface area contributed by atoms with Crippen LogP contribution in [0.2, 0.25) is 0 Å². The van der Waals surface area contributed by atoms with Gasteiger partial charge in [0.1, 0.15) is 22.6 Å². The minimum absolute atomic E-state index is 0.0116. The summed E-state index contributed by atoms with van der Waals surface area (Å²) in [5, 5.41) is 22.3. The Hall–Kier alpha value is -3.76. The normalized spacial score (nSPS) is 17.1. The smallest absolute Gasteiger partial charge is 0.273 e. The molecule has 2 aromatic heterocycles. The van der Waals surface area contributed by atoms with Gasteiger partial charge in [0.2, 0.25) is 0 Å². The first-order valence-electron chi connectivity index (χ1n) is 11.8. The highest BCUT2D eigenvalue weighted by atomic mass is 19.1. The molecule has 0 amide bonds. The number of ether oxygens (including phenoxy) is 1. The van der Waals surface area contributed by atoms with Gasteiger partial charge in [-0.3, -0.25) is 14.8 Å². The summed E-state index contributed by atoms with van der Waals surface area (Å²) in [6.45, 7) is 6.09. The van der Waals surface area contributed by atoms with Gasteiger partial charge in [-0.25, -0.2) is 4.39 Å². The lowest BCUT2D eigenvalue weighted by Crippen LogP contribution is -2.59. The second-order valence-corrected chi connectivity index (χ2v) is 9.66. The first-order valence-corrected chi connectivity index (χ1v) is 11.8. The molecule has 0 saturated carbocycles. The zero-order valence-electron chi connectivity index (χ0n) is 20.7. The molecule has 9 nitrogen and oxygen atoms in total.